The summed E-state index contributed by atoms with van der Waals surface area (Å²) in [4.78, 5) is 12.9. The Labute approximate surface area is 190 Å². The Balaban J connectivity index is 2.38. The number of carbonyl (C=O) groups excluding carboxylic acids is 1. The van der Waals surface area contributed by atoms with E-state index in [1.807, 2.05) is 6.92 Å². The molecule has 1 amide bonds. The highest BCUT2D eigenvalue weighted by molar-refractivity contribution is 7.92. The molecule has 0 saturated carbocycles. The molecule has 2 rings (SSSR count). The zero-order valence-electron chi connectivity index (χ0n) is 19.4. The number of rotatable bonds is 10. The fourth-order valence-corrected chi connectivity index (χ4v) is 3.95. The van der Waals surface area contributed by atoms with E-state index in [1.165, 1.54) is 38.5 Å². The molecule has 8 nitrogen and oxygen atoms in total. The summed E-state index contributed by atoms with van der Waals surface area (Å²) < 4.78 is 44.4. The zero-order chi connectivity index (χ0) is 23.9. The molecule has 0 fully saturated rings. The fraction of sp³-hybridized carbons (Fsp3) is 0.435. The minimum absolute atomic E-state index is 0.0369. The van der Waals surface area contributed by atoms with Crippen molar-refractivity contribution in [1.82, 2.24) is 5.32 Å². The second-order valence-corrected chi connectivity index (χ2v) is 10.0. The predicted octanol–water partition coefficient (Wildman–Crippen LogP) is 4.07. The summed E-state index contributed by atoms with van der Waals surface area (Å²) in [5.41, 5.74) is 0.263. The smallest absolute Gasteiger partial charge is 0.261 e. The van der Waals surface area contributed by atoms with Gasteiger partial charge in [0.05, 0.1) is 37.0 Å². The molecule has 0 aliphatic heterocycles. The van der Waals surface area contributed by atoms with Crippen LogP contribution in [0.1, 0.15) is 44.5 Å². The summed E-state index contributed by atoms with van der Waals surface area (Å²) >= 11 is 0. The number of carbonyl (C=O) groups is 1. The molecular formula is C23H32N2O6S. The maximum atomic E-state index is 13.0. The number of nitrogens with one attached hydrogen (secondary N) is 2. The number of methoxy groups -OCH3 is 2. The standard InChI is InChI=1S/C23H32N2O6S/c1-7-31-16-8-10-17(11-9-16)32(27,28)25-19-15-21(30-6)20(29-5)14-18(19)22(26)24-13-12-23(2,3)4/h8-11,14-15,25H,7,12-13H2,1-6H3,(H,24,26). The van der Waals surface area contributed by atoms with Crippen LogP contribution in [-0.2, 0) is 10.0 Å². The molecular weight excluding hydrogens is 432 g/mol. The van der Waals surface area contributed by atoms with Crippen LogP contribution in [-0.4, -0.2) is 41.7 Å². The third kappa shape index (κ3) is 6.78. The van der Waals surface area contributed by atoms with Gasteiger partial charge in [-0.1, -0.05) is 20.8 Å². The summed E-state index contributed by atoms with van der Waals surface area (Å²) in [6.07, 6.45) is 0.763. The van der Waals surface area contributed by atoms with Crippen LogP contribution in [0.2, 0.25) is 0 Å². The normalized spacial score (nSPS) is 11.6. The molecule has 0 aliphatic carbocycles. The number of hydrogen-bond donors (Lipinski definition) is 2. The molecule has 2 N–H and O–H groups in total. The molecule has 32 heavy (non-hydrogen) atoms. The SMILES string of the molecule is CCOc1ccc(S(=O)(=O)Nc2cc(OC)c(OC)cc2C(=O)NCCC(C)(C)C)cc1. The van der Waals surface area contributed by atoms with E-state index in [4.69, 9.17) is 14.2 Å². The molecule has 176 valence electrons. The molecule has 0 aromatic heterocycles. The summed E-state index contributed by atoms with van der Waals surface area (Å²) in [6, 6.07) is 8.93. The number of benzene rings is 2. The van der Waals surface area contributed by atoms with Gasteiger partial charge in [-0.2, -0.15) is 0 Å². The molecule has 0 aliphatic rings. The highest BCUT2D eigenvalue weighted by Gasteiger charge is 2.22. The van der Waals surface area contributed by atoms with Crippen LogP contribution in [0.25, 0.3) is 0 Å². The average Bonchev–Trinajstić information content (AvgIpc) is 2.72. The molecule has 0 radical (unpaired) electrons. The van der Waals surface area contributed by atoms with Gasteiger partial charge in [-0.15, -0.1) is 0 Å². The number of ether oxygens (including phenoxy) is 3. The van der Waals surface area contributed by atoms with E-state index in [1.54, 1.807) is 12.1 Å². The van der Waals surface area contributed by atoms with Crippen LogP contribution < -0.4 is 24.2 Å². The maximum absolute atomic E-state index is 13.0. The fourth-order valence-electron chi connectivity index (χ4n) is 2.88. The Hall–Kier alpha value is -2.94. The van der Waals surface area contributed by atoms with Crippen LogP contribution in [0.5, 0.6) is 17.2 Å². The molecule has 2 aromatic rings. The van der Waals surface area contributed by atoms with E-state index >= 15 is 0 Å². The number of hydrogen-bond acceptors (Lipinski definition) is 6. The third-order valence-electron chi connectivity index (χ3n) is 4.62. The molecule has 0 heterocycles. The topological polar surface area (TPSA) is 103 Å². The van der Waals surface area contributed by atoms with E-state index in [2.05, 4.69) is 30.8 Å². The monoisotopic (exact) mass is 464 g/mol. The van der Waals surface area contributed by atoms with Crippen molar-refractivity contribution in [2.75, 3.05) is 32.1 Å². The first-order valence-corrected chi connectivity index (χ1v) is 11.8. The Bertz CT molecular complexity index is 1030. The Morgan fingerprint density at radius 2 is 1.59 bits per heavy atom. The van der Waals surface area contributed by atoms with Gasteiger partial charge < -0.3 is 19.5 Å². The largest absolute Gasteiger partial charge is 0.494 e. The van der Waals surface area contributed by atoms with Crippen molar-refractivity contribution in [1.29, 1.82) is 0 Å². The quantitative estimate of drug-likeness (QED) is 0.549. The van der Waals surface area contributed by atoms with Gasteiger partial charge in [-0.05, 0) is 49.1 Å². The van der Waals surface area contributed by atoms with Crippen molar-refractivity contribution in [3.63, 3.8) is 0 Å². The first kappa shape index (κ1) is 25.3. The van der Waals surface area contributed by atoms with Crippen molar-refractivity contribution in [2.24, 2.45) is 5.41 Å². The van der Waals surface area contributed by atoms with Crippen molar-refractivity contribution in [3.05, 3.63) is 42.0 Å². The summed E-state index contributed by atoms with van der Waals surface area (Å²) in [6.45, 7) is 8.99. The lowest BCUT2D eigenvalue weighted by Crippen LogP contribution is -2.28. The third-order valence-corrected chi connectivity index (χ3v) is 6.00. The van der Waals surface area contributed by atoms with Crippen LogP contribution in [0.3, 0.4) is 0 Å². The second-order valence-electron chi connectivity index (χ2n) is 8.33. The zero-order valence-corrected chi connectivity index (χ0v) is 20.3. The van der Waals surface area contributed by atoms with Crippen LogP contribution in [0, 0.1) is 5.41 Å². The Kier molecular flexibility index (Phi) is 8.38. The van der Waals surface area contributed by atoms with Gasteiger partial charge in [-0.25, -0.2) is 8.42 Å². The molecule has 2 aromatic carbocycles. The molecule has 0 saturated heterocycles. The Morgan fingerprint density at radius 3 is 2.12 bits per heavy atom. The van der Waals surface area contributed by atoms with E-state index in [0.29, 0.717) is 30.4 Å². The summed E-state index contributed by atoms with van der Waals surface area (Å²) in [7, 11) is -1.09. The second kappa shape index (κ2) is 10.6. The Morgan fingerprint density at radius 1 is 1.00 bits per heavy atom. The van der Waals surface area contributed by atoms with Gasteiger partial charge in [0, 0.05) is 12.6 Å². The van der Waals surface area contributed by atoms with Crippen molar-refractivity contribution in [3.8, 4) is 17.2 Å². The van der Waals surface area contributed by atoms with Gasteiger partial charge >= 0.3 is 0 Å². The van der Waals surface area contributed by atoms with E-state index in [-0.39, 0.29) is 21.6 Å². The molecule has 9 heteroatoms. The van der Waals surface area contributed by atoms with Crippen LogP contribution >= 0.6 is 0 Å². The molecule has 0 unspecified atom stereocenters. The van der Waals surface area contributed by atoms with Gasteiger partial charge in [-0.3, -0.25) is 9.52 Å². The lowest BCUT2D eigenvalue weighted by Gasteiger charge is -2.19. The number of anilines is 1. The minimum Gasteiger partial charge on any atom is -0.494 e. The minimum atomic E-state index is -3.97. The van der Waals surface area contributed by atoms with E-state index < -0.39 is 15.9 Å². The highest BCUT2D eigenvalue weighted by atomic mass is 32.2. The molecule has 0 spiro atoms. The average molecular weight is 465 g/mol. The number of amides is 1. The van der Waals surface area contributed by atoms with Crippen LogP contribution in [0.4, 0.5) is 5.69 Å². The van der Waals surface area contributed by atoms with Gasteiger partial charge in [0.25, 0.3) is 15.9 Å². The molecule has 0 bridgehead atoms. The van der Waals surface area contributed by atoms with Crippen LogP contribution in [0.15, 0.2) is 41.3 Å². The van der Waals surface area contributed by atoms with Crippen molar-refractivity contribution in [2.45, 2.75) is 39.0 Å². The number of sulfonamides is 1. The van der Waals surface area contributed by atoms with Gasteiger partial charge in [0.1, 0.15) is 5.75 Å². The highest BCUT2D eigenvalue weighted by Crippen LogP contribution is 2.34. The van der Waals surface area contributed by atoms with Crippen molar-refractivity contribution < 1.29 is 27.4 Å². The first-order valence-electron chi connectivity index (χ1n) is 10.3. The first-order chi connectivity index (χ1) is 15.0. The molecule has 0 atom stereocenters. The van der Waals surface area contributed by atoms with E-state index in [0.717, 1.165) is 6.42 Å². The lowest BCUT2D eigenvalue weighted by molar-refractivity contribution is 0.0950. The van der Waals surface area contributed by atoms with Gasteiger partial charge in [0.15, 0.2) is 11.5 Å². The lowest BCUT2D eigenvalue weighted by atomic mass is 9.92. The summed E-state index contributed by atoms with van der Waals surface area (Å²) in [5, 5.41) is 2.85. The van der Waals surface area contributed by atoms with E-state index in [9.17, 15) is 13.2 Å². The summed E-state index contributed by atoms with van der Waals surface area (Å²) in [5.74, 6) is 0.761. The van der Waals surface area contributed by atoms with Crippen molar-refractivity contribution >= 4 is 21.6 Å². The predicted molar refractivity (Wildman–Crippen MR) is 124 cm³/mol. The maximum Gasteiger partial charge on any atom is 0.261 e. The van der Waals surface area contributed by atoms with Gasteiger partial charge in [0.2, 0.25) is 0 Å².